The molecule has 2 aromatic rings. The quantitative estimate of drug-likeness (QED) is 0.700. The maximum Gasteiger partial charge on any atom is 0.169 e. The van der Waals surface area contributed by atoms with Gasteiger partial charge in [0.05, 0.1) is 26.4 Å². The van der Waals surface area contributed by atoms with Gasteiger partial charge in [0.2, 0.25) is 0 Å². The molecule has 2 fully saturated rings. The van der Waals surface area contributed by atoms with Crippen molar-refractivity contribution in [3.05, 3.63) is 36.4 Å². The molecule has 2 aromatic carbocycles. The van der Waals surface area contributed by atoms with Crippen LogP contribution in [0.1, 0.15) is 26.7 Å². The van der Waals surface area contributed by atoms with Crippen molar-refractivity contribution >= 4 is 10.8 Å². The molecular formula is C22H28O4. The van der Waals surface area contributed by atoms with Crippen molar-refractivity contribution in [2.45, 2.75) is 38.9 Å². The molecule has 4 nitrogen and oxygen atoms in total. The van der Waals surface area contributed by atoms with Gasteiger partial charge in [-0.3, -0.25) is 0 Å². The van der Waals surface area contributed by atoms with Gasteiger partial charge >= 0.3 is 0 Å². The van der Waals surface area contributed by atoms with Gasteiger partial charge in [0, 0.05) is 17.2 Å². The van der Waals surface area contributed by atoms with E-state index >= 15 is 0 Å². The minimum absolute atomic E-state index is 0.156. The van der Waals surface area contributed by atoms with Gasteiger partial charge in [0.25, 0.3) is 0 Å². The number of ether oxygens (including phenoxy) is 4. The van der Waals surface area contributed by atoms with Crippen LogP contribution in [0.4, 0.5) is 0 Å². The number of benzene rings is 2. The predicted molar refractivity (Wildman–Crippen MR) is 102 cm³/mol. The third-order valence-electron chi connectivity index (χ3n) is 5.58. The predicted octanol–water partition coefficient (Wildman–Crippen LogP) is 4.45. The van der Waals surface area contributed by atoms with Crippen LogP contribution in [0.5, 0.6) is 11.5 Å². The van der Waals surface area contributed by atoms with Gasteiger partial charge in [-0.05, 0) is 24.3 Å². The summed E-state index contributed by atoms with van der Waals surface area (Å²) in [5.74, 6) is 2.66. The summed E-state index contributed by atoms with van der Waals surface area (Å²) in [5.41, 5.74) is 0. The second-order valence-electron chi connectivity index (χ2n) is 7.34. The Morgan fingerprint density at radius 2 is 1.46 bits per heavy atom. The smallest absolute Gasteiger partial charge is 0.169 e. The summed E-state index contributed by atoms with van der Waals surface area (Å²) in [6.07, 6.45) is 2.25. The Labute approximate surface area is 155 Å². The highest BCUT2D eigenvalue weighted by Crippen LogP contribution is 2.39. The Bertz CT molecular complexity index is 736. The first-order chi connectivity index (χ1) is 12.8. The van der Waals surface area contributed by atoms with E-state index in [1.54, 1.807) is 0 Å². The van der Waals surface area contributed by atoms with Gasteiger partial charge in [-0.1, -0.05) is 44.2 Å². The topological polar surface area (TPSA) is 36.9 Å². The highest BCUT2D eigenvalue weighted by Gasteiger charge is 2.32. The molecule has 0 bridgehead atoms. The van der Waals surface area contributed by atoms with Crippen LogP contribution in [-0.4, -0.2) is 38.6 Å². The lowest BCUT2D eigenvalue weighted by molar-refractivity contribution is -0.0893. The second-order valence-corrected chi connectivity index (χ2v) is 7.34. The van der Waals surface area contributed by atoms with Crippen LogP contribution in [0.3, 0.4) is 0 Å². The standard InChI is InChI=1S/C22H28O4/c1-3-19(16-11-23-12-16)25-21-10-9-15-7-5-6-8-18(15)22(21)26-20(4-2)17-13-24-14-17/h5-10,16-17,19-20H,3-4,11-14H2,1-2H3. The molecule has 0 aromatic heterocycles. The molecule has 0 spiro atoms. The Kier molecular flexibility index (Phi) is 5.32. The molecule has 2 atom stereocenters. The van der Waals surface area contributed by atoms with E-state index in [0.717, 1.165) is 56.2 Å². The van der Waals surface area contributed by atoms with E-state index in [2.05, 4.69) is 50.2 Å². The Morgan fingerprint density at radius 3 is 2.04 bits per heavy atom. The van der Waals surface area contributed by atoms with E-state index in [1.165, 1.54) is 5.39 Å². The van der Waals surface area contributed by atoms with Gasteiger partial charge in [-0.15, -0.1) is 0 Å². The monoisotopic (exact) mass is 356 g/mol. The molecule has 2 saturated heterocycles. The number of fused-ring (bicyclic) bond motifs is 1. The Hall–Kier alpha value is -1.78. The third kappa shape index (κ3) is 3.40. The summed E-state index contributed by atoms with van der Waals surface area (Å²) >= 11 is 0. The summed E-state index contributed by atoms with van der Waals surface area (Å²) in [4.78, 5) is 0. The fourth-order valence-corrected chi connectivity index (χ4v) is 3.71. The third-order valence-corrected chi connectivity index (χ3v) is 5.58. The van der Waals surface area contributed by atoms with Crippen molar-refractivity contribution in [2.24, 2.45) is 11.8 Å². The van der Waals surface area contributed by atoms with Crippen molar-refractivity contribution in [3.63, 3.8) is 0 Å². The second kappa shape index (κ2) is 7.85. The van der Waals surface area contributed by atoms with E-state index in [4.69, 9.17) is 18.9 Å². The zero-order valence-electron chi connectivity index (χ0n) is 15.6. The Morgan fingerprint density at radius 1 is 0.846 bits per heavy atom. The van der Waals surface area contributed by atoms with Crippen molar-refractivity contribution in [3.8, 4) is 11.5 Å². The summed E-state index contributed by atoms with van der Waals surface area (Å²) in [6, 6.07) is 12.5. The molecule has 0 N–H and O–H groups in total. The molecule has 0 radical (unpaired) electrons. The molecule has 2 heterocycles. The highest BCUT2D eigenvalue weighted by molar-refractivity contribution is 5.90. The molecule has 4 heteroatoms. The summed E-state index contributed by atoms with van der Waals surface area (Å²) < 4.78 is 23.7. The van der Waals surface area contributed by atoms with E-state index in [0.29, 0.717) is 11.8 Å². The molecule has 0 amide bonds. The van der Waals surface area contributed by atoms with Gasteiger partial charge in [0.15, 0.2) is 11.5 Å². The SMILES string of the molecule is CCC(Oc1ccc2ccccc2c1OC(CC)C1COC1)C1COC1. The van der Waals surface area contributed by atoms with Crippen LogP contribution in [0.2, 0.25) is 0 Å². The highest BCUT2D eigenvalue weighted by atomic mass is 16.5. The summed E-state index contributed by atoms with van der Waals surface area (Å²) in [5, 5.41) is 2.29. The van der Waals surface area contributed by atoms with Gasteiger partial charge in [-0.2, -0.15) is 0 Å². The molecule has 2 unspecified atom stereocenters. The lowest BCUT2D eigenvalue weighted by Gasteiger charge is -2.36. The molecule has 2 aliphatic heterocycles. The van der Waals surface area contributed by atoms with Crippen molar-refractivity contribution in [1.82, 2.24) is 0 Å². The normalized spacial score (nSPS) is 20.2. The minimum Gasteiger partial charge on any atom is -0.486 e. The molecule has 0 aliphatic carbocycles. The number of rotatable bonds is 8. The van der Waals surface area contributed by atoms with E-state index in [1.807, 2.05) is 0 Å². The minimum atomic E-state index is 0.156. The molecular weight excluding hydrogens is 328 g/mol. The van der Waals surface area contributed by atoms with Crippen LogP contribution in [-0.2, 0) is 9.47 Å². The number of hydrogen-bond acceptors (Lipinski definition) is 4. The fourth-order valence-electron chi connectivity index (χ4n) is 3.71. The van der Waals surface area contributed by atoms with Crippen LogP contribution in [0.15, 0.2) is 36.4 Å². The molecule has 0 saturated carbocycles. The van der Waals surface area contributed by atoms with Crippen LogP contribution in [0.25, 0.3) is 10.8 Å². The fraction of sp³-hybridized carbons (Fsp3) is 0.545. The maximum absolute atomic E-state index is 6.55. The lowest BCUT2D eigenvalue weighted by Crippen LogP contribution is -2.41. The van der Waals surface area contributed by atoms with Crippen molar-refractivity contribution < 1.29 is 18.9 Å². The summed E-state index contributed by atoms with van der Waals surface area (Å²) in [7, 11) is 0. The Balaban J connectivity index is 1.66. The first-order valence-electron chi connectivity index (χ1n) is 9.80. The van der Waals surface area contributed by atoms with E-state index < -0.39 is 0 Å². The number of hydrogen-bond donors (Lipinski definition) is 0. The molecule has 26 heavy (non-hydrogen) atoms. The first-order valence-corrected chi connectivity index (χ1v) is 9.80. The van der Waals surface area contributed by atoms with Crippen LogP contribution < -0.4 is 9.47 Å². The average Bonchev–Trinajstić information content (AvgIpc) is 2.58. The largest absolute Gasteiger partial charge is 0.486 e. The van der Waals surface area contributed by atoms with Crippen molar-refractivity contribution in [1.29, 1.82) is 0 Å². The van der Waals surface area contributed by atoms with E-state index in [9.17, 15) is 0 Å². The molecule has 4 rings (SSSR count). The summed E-state index contributed by atoms with van der Waals surface area (Å²) in [6.45, 7) is 7.51. The van der Waals surface area contributed by atoms with Gasteiger partial charge < -0.3 is 18.9 Å². The van der Waals surface area contributed by atoms with Gasteiger partial charge in [-0.25, -0.2) is 0 Å². The van der Waals surface area contributed by atoms with Crippen molar-refractivity contribution in [2.75, 3.05) is 26.4 Å². The zero-order chi connectivity index (χ0) is 17.9. The van der Waals surface area contributed by atoms with Crippen LogP contribution >= 0.6 is 0 Å². The molecule has 2 aliphatic rings. The first kappa shape index (κ1) is 17.6. The van der Waals surface area contributed by atoms with Crippen LogP contribution in [0, 0.1) is 11.8 Å². The molecule has 140 valence electrons. The van der Waals surface area contributed by atoms with Gasteiger partial charge in [0.1, 0.15) is 12.2 Å². The van der Waals surface area contributed by atoms with E-state index in [-0.39, 0.29) is 12.2 Å². The average molecular weight is 356 g/mol. The lowest BCUT2D eigenvalue weighted by atomic mass is 9.98. The zero-order valence-corrected chi connectivity index (χ0v) is 15.6. The maximum atomic E-state index is 6.55.